The number of aryl methyl sites for hydroxylation is 1. The molecule has 2 aromatic rings. The normalized spacial score (nSPS) is 26.6. The van der Waals surface area contributed by atoms with E-state index in [9.17, 15) is 5.11 Å². The Kier molecular flexibility index (Phi) is 3.65. The fraction of sp³-hybridized carbons (Fsp3) is 0.562. The number of anilines is 2. The summed E-state index contributed by atoms with van der Waals surface area (Å²) >= 11 is 0. The third-order valence-corrected chi connectivity index (χ3v) is 4.61. The number of aliphatic hydroxyl groups excluding tert-OH is 1. The predicted molar refractivity (Wildman–Crippen MR) is 87.3 cm³/mol. The van der Waals surface area contributed by atoms with Crippen molar-refractivity contribution in [2.45, 2.75) is 44.4 Å². The van der Waals surface area contributed by atoms with Crippen LogP contribution in [0.4, 0.5) is 11.6 Å². The molecule has 0 aliphatic heterocycles. The highest BCUT2D eigenvalue weighted by atomic mass is 16.3. The molecular formula is C16H22N6O. The summed E-state index contributed by atoms with van der Waals surface area (Å²) in [4.78, 5) is 8.55. The number of nitrogens with one attached hydrogen (secondary N) is 2. The summed E-state index contributed by atoms with van der Waals surface area (Å²) in [5.74, 6) is 2.43. The maximum absolute atomic E-state index is 10.1. The van der Waals surface area contributed by atoms with Gasteiger partial charge >= 0.3 is 0 Å². The molecule has 0 saturated heterocycles. The number of rotatable bonds is 6. The lowest BCUT2D eigenvalue weighted by atomic mass is 9.83. The summed E-state index contributed by atoms with van der Waals surface area (Å²) in [6, 6.07) is 2.00. The zero-order chi connectivity index (χ0) is 15.8. The first-order valence-electron chi connectivity index (χ1n) is 8.20. The molecule has 2 saturated carbocycles. The molecule has 0 radical (unpaired) electrons. The fourth-order valence-corrected chi connectivity index (χ4v) is 3.01. The third kappa shape index (κ3) is 3.14. The largest absolute Gasteiger partial charge is 0.391 e. The van der Waals surface area contributed by atoms with Gasteiger partial charge in [-0.3, -0.25) is 4.68 Å². The Balaban J connectivity index is 1.41. The monoisotopic (exact) mass is 314 g/mol. The Bertz CT molecular complexity index is 683. The van der Waals surface area contributed by atoms with Gasteiger partial charge < -0.3 is 15.7 Å². The maximum atomic E-state index is 10.1. The van der Waals surface area contributed by atoms with Crippen molar-refractivity contribution in [1.82, 2.24) is 19.7 Å². The molecule has 3 atom stereocenters. The van der Waals surface area contributed by atoms with Crippen LogP contribution in [0.2, 0.25) is 0 Å². The van der Waals surface area contributed by atoms with E-state index in [0.29, 0.717) is 6.42 Å². The molecule has 2 aliphatic rings. The van der Waals surface area contributed by atoms with Gasteiger partial charge in [0.1, 0.15) is 18.0 Å². The Labute approximate surface area is 135 Å². The number of aliphatic hydroxyl groups is 1. The fourth-order valence-electron chi connectivity index (χ4n) is 3.01. The minimum Gasteiger partial charge on any atom is -0.391 e. The van der Waals surface area contributed by atoms with Crippen molar-refractivity contribution in [2.24, 2.45) is 5.92 Å². The Morgan fingerprint density at radius 2 is 2.13 bits per heavy atom. The Hall–Kier alpha value is -2.15. The lowest BCUT2D eigenvalue weighted by Crippen LogP contribution is -2.51. The molecule has 2 heterocycles. The van der Waals surface area contributed by atoms with Gasteiger partial charge in [0.25, 0.3) is 0 Å². The SMILES string of the molecule is Cc1cnn([C@H]2[C@H](O)C[C@@H]2Nc2cc(NCC3CC3)ncn2)c1. The van der Waals surface area contributed by atoms with Crippen molar-refractivity contribution in [3.8, 4) is 0 Å². The van der Waals surface area contributed by atoms with Crippen molar-refractivity contribution in [1.29, 1.82) is 0 Å². The van der Waals surface area contributed by atoms with Gasteiger partial charge in [-0.05, 0) is 37.7 Å². The number of hydrogen-bond donors (Lipinski definition) is 3. The molecule has 23 heavy (non-hydrogen) atoms. The highest BCUT2D eigenvalue weighted by molar-refractivity contribution is 5.47. The first-order valence-corrected chi connectivity index (χ1v) is 8.20. The van der Waals surface area contributed by atoms with Gasteiger partial charge in [-0.1, -0.05) is 0 Å². The molecule has 3 N–H and O–H groups in total. The summed E-state index contributed by atoms with van der Waals surface area (Å²) in [5, 5.41) is 21.2. The summed E-state index contributed by atoms with van der Waals surface area (Å²) in [6.07, 6.45) is 8.29. The second kappa shape index (κ2) is 5.81. The van der Waals surface area contributed by atoms with Crippen LogP contribution >= 0.6 is 0 Å². The molecule has 7 heteroatoms. The van der Waals surface area contributed by atoms with Crippen LogP contribution in [0.15, 0.2) is 24.8 Å². The second-order valence-corrected chi connectivity index (χ2v) is 6.65. The van der Waals surface area contributed by atoms with E-state index in [-0.39, 0.29) is 18.2 Å². The second-order valence-electron chi connectivity index (χ2n) is 6.65. The predicted octanol–water partition coefficient (Wildman–Crippen LogP) is 1.59. The van der Waals surface area contributed by atoms with Crippen molar-refractivity contribution in [3.63, 3.8) is 0 Å². The molecule has 2 aliphatic carbocycles. The van der Waals surface area contributed by atoms with Crippen molar-refractivity contribution in [2.75, 3.05) is 17.2 Å². The number of hydrogen-bond acceptors (Lipinski definition) is 6. The van der Waals surface area contributed by atoms with E-state index in [1.807, 2.05) is 30.1 Å². The lowest BCUT2D eigenvalue weighted by molar-refractivity contribution is 0.0133. The van der Waals surface area contributed by atoms with E-state index in [1.165, 1.54) is 12.8 Å². The number of aromatic nitrogens is 4. The zero-order valence-electron chi connectivity index (χ0n) is 13.2. The molecule has 0 spiro atoms. The highest BCUT2D eigenvalue weighted by Crippen LogP contribution is 2.35. The van der Waals surface area contributed by atoms with Crippen molar-refractivity contribution in [3.05, 3.63) is 30.4 Å². The topological polar surface area (TPSA) is 87.9 Å². The highest BCUT2D eigenvalue weighted by Gasteiger charge is 2.42. The minimum atomic E-state index is -0.374. The van der Waals surface area contributed by atoms with E-state index >= 15 is 0 Å². The summed E-state index contributed by atoms with van der Waals surface area (Å²) in [7, 11) is 0. The molecule has 0 amide bonds. The van der Waals surface area contributed by atoms with Crippen LogP contribution in [0, 0.1) is 12.8 Å². The van der Waals surface area contributed by atoms with Gasteiger partial charge in [0, 0.05) is 18.8 Å². The first kappa shape index (κ1) is 14.4. The van der Waals surface area contributed by atoms with Gasteiger partial charge in [0.05, 0.1) is 24.4 Å². The van der Waals surface area contributed by atoms with E-state index in [0.717, 1.165) is 29.7 Å². The van der Waals surface area contributed by atoms with Gasteiger partial charge in [0.2, 0.25) is 0 Å². The molecule has 2 aromatic heterocycles. The van der Waals surface area contributed by atoms with Gasteiger partial charge in [-0.25, -0.2) is 9.97 Å². The maximum Gasteiger partial charge on any atom is 0.131 e. The Morgan fingerprint density at radius 1 is 1.30 bits per heavy atom. The molecule has 0 bridgehead atoms. The lowest BCUT2D eigenvalue weighted by Gasteiger charge is -2.42. The van der Waals surface area contributed by atoms with Gasteiger partial charge in [0.15, 0.2) is 0 Å². The average molecular weight is 314 g/mol. The summed E-state index contributed by atoms with van der Waals surface area (Å²) in [5.41, 5.74) is 1.09. The van der Waals surface area contributed by atoms with Gasteiger partial charge in [-0.15, -0.1) is 0 Å². The van der Waals surface area contributed by atoms with Crippen LogP contribution in [0.5, 0.6) is 0 Å². The average Bonchev–Trinajstić information content (AvgIpc) is 3.27. The van der Waals surface area contributed by atoms with Crippen LogP contribution in [0.3, 0.4) is 0 Å². The van der Waals surface area contributed by atoms with E-state index < -0.39 is 0 Å². The van der Waals surface area contributed by atoms with Crippen molar-refractivity contribution < 1.29 is 5.11 Å². The van der Waals surface area contributed by atoms with E-state index in [4.69, 9.17) is 0 Å². The first-order chi connectivity index (χ1) is 11.2. The van der Waals surface area contributed by atoms with Crippen LogP contribution in [-0.4, -0.2) is 43.5 Å². The molecule has 122 valence electrons. The minimum absolute atomic E-state index is 0.0541. The van der Waals surface area contributed by atoms with Crippen LogP contribution in [0.1, 0.15) is 30.9 Å². The molecule has 0 aromatic carbocycles. The van der Waals surface area contributed by atoms with Crippen LogP contribution in [0.25, 0.3) is 0 Å². The molecule has 0 unspecified atom stereocenters. The number of nitrogens with zero attached hydrogens (tertiary/aromatic N) is 4. The van der Waals surface area contributed by atoms with E-state index in [2.05, 4.69) is 25.7 Å². The molecular weight excluding hydrogens is 292 g/mol. The molecule has 4 rings (SSSR count). The Morgan fingerprint density at radius 3 is 2.83 bits per heavy atom. The standard InChI is InChI=1S/C16H22N6O/c1-10-6-20-22(8-10)16-12(4-13(16)23)21-15-5-14(18-9-19-15)17-7-11-2-3-11/h5-6,8-9,11-13,16,23H,2-4,7H2,1H3,(H2,17,18,19,21)/t12-,13+,16+/m0/s1. The quantitative estimate of drug-likeness (QED) is 0.750. The zero-order valence-corrected chi connectivity index (χ0v) is 13.2. The van der Waals surface area contributed by atoms with Crippen molar-refractivity contribution >= 4 is 11.6 Å². The third-order valence-electron chi connectivity index (χ3n) is 4.61. The molecule has 2 fully saturated rings. The molecule has 7 nitrogen and oxygen atoms in total. The van der Waals surface area contributed by atoms with E-state index in [1.54, 1.807) is 6.33 Å². The smallest absolute Gasteiger partial charge is 0.131 e. The van der Waals surface area contributed by atoms with Crippen LogP contribution < -0.4 is 10.6 Å². The summed E-state index contributed by atoms with van der Waals surface area (Å²) < 4.78 is 1.84. The van der Waals surface area contributed by atoms with Gasteiger partial charge in [-0.2, -0.15) is 5.10 Å². The summed E-state index contributed by atoms with van der Waals surface area (Å²) in [6.45, 7) is 2.98. The van der Waals surface area contributed by atoms with Crippen LogP contribution in [-0.2, 0) is 0 Å².